The number of sulfonamides is 1. The Balaban J connectivity index is 1.55. The Morgan fingerprint density at radius 2 is 1.86 bits per heavy atom. The maximum atomic E-state index is 12.9. The number of hydrogen-bond acceptors (Lipinski definition) is 5. The van der Waals surface area contributed by atoms with Gasteiger partial charge in [-0.15, -0.1) is 0 Å². The Hall–Kier alpha value is -2.74. The number of hydrogen-bond donors (Lipinski definition) is 1. The van der Waals surface area contributed by atoms with Gasteiger partial charge in [0, 0.05) is 29.9 Å². The summed E-state index contributed by atoms with van der Waals surface area (Å²) in [4.78, 5) is 14.8. The number of nitrogens with zero attached hydrogens (tertiary/aromatic N) is 1. The van der Waals surface area contributed by atoms with Crippen molar-refractivity contribution < 1.29 is 22.7 Å². The van der Waals surface area contributed by atoms with Crippen molar-refractivity contribution in [2.45, 2.75) is 37.1 Å². The van der Waals surface area contributed by atoms with Gasteiger partial charge in [-0.2, -0.15) is 0 Å². The summed E-state index contributed by atoms with van der Waals surface area (Å²) in [6, 6.07) is 11.3. The van der Waals surface area contributed by atoms with Crippen molar-refractivity contribution in [2.75, 3.05) is 24.5 Å². The molecule has 4 rings (SSSR count). The predicted octanol–water partition coefficient (Wildman–Crippen LogP) is 3.27. The summed E-state index contributed by atoms with van der Waals surface area (Å²) in [6.07, 6.45) is 3.11. The third-order valence-corrected chi connectivity index (χ3v) is 6.63. The van der Waals surface area contributed by atoms with E-state index in [9.17, 15) is 13.2 Å². The monoisotopic (exact) mass is 416 g/mol. The molecule has 29 heavy (non-hydrogen) atoms. The van der Waals surface area contributed by atoms with E-state index in [1.54, 1.807) is 30.3 Å². The molecule has 2 aliphatic rings. The van der Waals surface area contributed by atoms with E-state index in [-0.39, 0.29) is 16.8 Å². The number of benzene rings is 2. The zero-order valence-corrected chi connectivity index (χ0v) is 17.1. The molecule has 1 unspecified atom stereocenters. The zero-order chi connectivity index (χ0) is 20.4. The van der Waals surface area contributed by atoms with Crippen molar-refractivity contribution in [3.63, 3.8) is 0 Å². The van der Waals surface area contributed by atoms with Gasteiger partial charge in [0.15, 0.2) is 11.5 Å². The molecule has 1 fully saturated rings. The molecule has 0 spiro atoms. The Bertz CT molecular complexity index is 1020. The first-order valence-electron chi connectivity index (χ1n) is 9.77. The summed E-state index contributed by atoms with van der Waals surface area (Å²) in [5, 5.41) is 0. The van der Waals surface area contributed by atoms with Gasteiger partial charge < -0.3 is 14.4 Å². The Morgan fingerprint density at radius 1 is 1.07 bits per heavy atom. The van der Waals surface area contributed by atoms with Crippen LogP contribution in [-0.2, 0) is 10.0 Å². The molecule has 0 aromatic heterocycles. The highest BCUT2D eigenvalue weighted by Gasteiger charge is 2.25. The SMILES string of the molecule is CC1CCCCN1C(=O)c1cccc(NS(=O)(=O)c2ccc3c(c2)OCCO3)c1. The summed E-state index contributed by atoms with van der Waals surface area (Å²) in [6.45, 7) is 3.59. The number of ether oxygens (including phenoxy) is 2. The predicted molar refractivity (Wildman–Crippen MR) is 109 cm³/mol. The second kappa shape index (κ2) is 7.94. The summed E-state index contributed by atoms with van der Waals surface area (Å²) in [7, 11) is -3.84. The lowest BCUT2D eigenvalue weighted by molar-refractivity contribution is 0.0635. The first kappa shape index (κ1) is 19.6. The van der Waals surface area contributed by atoms with Crippen LogP contribution in [0.15, 0.2) is 47.4 Å². The first-order chi connectivity index (χ1) is 13.9. The van der Waals surface area contributed by atoms with Crippen molar-refractivity contribution in [2.24, 2.45) is 0 Å². The number of nitrogens with one attached hydrogen (secondary N) is 1. The molecule has 2 heterocycles. The molecule has 0 radical (unpaired) electrons. The minimum Gasteiger partial charge on any atom is -0.486 e. The molecule has 1 amide bonds. The average molecular weight is 416 g/mol. The lowest BCUT2D eigenvalue weighted by Crippen LogP contribution is -2.42. The van der Waals surface area contributed by atoms with Gasteiger partial charge in [-0.3, -0.25) is 9.52 Å². The maximum absolute atomic E-state index is 12.9. The number of piperidine rings is 1. The van der Waals surface area contributed by atoms with E-state index in [1.165, 1.54) is 12.1 Å². The highest BCUT2D eigenvalue weighted by molar-refractivity contribution is 7.92. The van der Waals surface area contributed by atoms with Gasteiger partial charge in [0.05, 0.1) is 4.90 Å². The van der Waals surface area contributed by atoms with Crippen molar-refractivity contribution in [1.29, 1.82) is 0 Å². The number of anilines is 1. The molecular weight excluding hydrogens is 392 g/mol. The summed E-state index contributed by atoms with van der Waals surface area (Å²) in [5.41, 5.74) is 0.816. The fraction of sp³-hybridized carbons (Fsp3) is 0.381. The van der Waals surface area contributed by atoms with Crippen molar-refractivity contribution in [3.8, 4) is 11.5 Å². The van der Waals surface area contributed by atoms with Gasteiger partial charge in [0.1, 0.15) is 13.2 Å². The van der Waals surface area contributed by atoms with Crippen LogP contribution in [0.5, 0.6) is 11.5 Å². The zero-order valence-electron chi connectivity index (χ0n) is 16.3. The maximum Gasteiger partial charge on any atom is 0.262 e. The van der Waals surface area contributed by atoms with Gasteiger partial charge in [-0.25, -0.2) is 8.42 Å². The topological polar surface area (TPSA) is 84.9 Å². The van der Waals surface area contributed by atoms with Crippen LogP contribution in [0.4, 0.5) is 5.69 Å². The van der Waals surface area contributed by atoms with Gasteiger partial charge in [-0.1, -0.05) is 6.07 Å². The second-order valence-corrected chi connectivity index (χ2v) is 9.02. The molecule has 2 aromatic carbocycles. The van der Waals surface area contributed by atoms with Gasteiger partial charge in [0.2, 0.25) is 0 Å². The summed E-state index contributed by atoms with van der Waals surface area (Å²) >= 11 is 0. The van der Waals surface area contributed by atoms with Gasteiger partial charge in [0.25, 0.3) is 15.9 Å². The smallest absolute Gasteiger partial charge is 0.262 e. The standard InChI is InChI=1S/C21H24N2O5S/c1-15-5-2-3-10-23(15)21(24)16-6-4-7-17(13-16)22-29(25,26)18-8-9-19-20(14-18)28-12-11-27-19/h4,6-9,13-15,22H,2-3,5,10-12H2,1H3. The fourth-order valence-corrected chi connectivity index (χ4v) is 4.75. The van der Waals surface area contributed by atoms with Crippen LogP contribution in [0.2, 0.25) is 0 Å². The van der Waals surface area contributed by atoms with Crippen molar-refractivity contribution in [1.82, 2.24) is 4.90 Å². The Morgan fingerprint density at radius 3 is 2.66 bits per heavy atom. The van der Waals surface area contributed by atoms with Crippen LogP contribution < -0.4 is 14.2 Å². The molecule has 8 heteroatoms. The first-order valence-corrected chi connectivity index (χ1v) is 11.3. The number of likely N-dealkylation sites (tertiary alicyclic amines) is 1. The molecule has 0 bridgehead atoms. The van der Waals surface area contributed by atoms with E-state index >= 15 is 0 Å². The Labute approximate surface area is 170 Å². The lowest BCUT2D eigenvalue weighted by Gasteiger charge is -2.33. The molecular formula is C21H24N2O5S. The van der Waals surface area contributed by atoms with E-state index in [2.05, 4.69) is 4.72 Å². The largest absolute Gasteiger partial charge is 0.486 e. The van der Waals surface area contributed by atoms with E-state index in [0.717, 1.165) is 25.8 Å². The quantitative estimate of drug-likeness (QED) is 0.827. The van der Waals surface area contributed by atoms with Crippen LogP contribution in [-0.4, -0.2) is 45.0 Å². The average Bonchev–Trinajstić information content (AvgIpc) is 2.73. The third kappa shape index (κ3) is 4.17. The van der Waals surface area contributed by atoms with Gasteiger partial charge in [-0.05, 0) is 56.5 Å². The van der Waals surface area contributed by atoms with Crippen LogP contribution in [0, 0.1) is 0 Å². The van der Waals surface area contributed by atoms with Crippen molar-refractivity contribution >= 4 is 21.6 Å². The van der Waals surface area contributed by atoms with Gasteiger partial charge >= 0.3 is 0 Å². The third-order valence-electron chi connectivity index (χ3n) is 5.25. The Kier molecular flexibility index (Phi) is 5.36. The number of fused-ring (bicyclic) bond motifs is 1. The number of carbonyl (C=O) groups is 1. The van der Waals surface area contributed by atoms with E-state index in [1.807, 2.05) is 11.8 Å². The number of rotatable bonds is 4. The van der Waals surface area contributed by atoms with E-state index in [4.69, 9.17) is 9.47 Å². The second-order valence-electron chi connectivity index (χ2n) is 7.34. The van der Waals surface area contributed by atoms with Crippen LogP contribution >= 0.6 is 0 Å². The van der Waals surface area contributed by atoms with E-state index < -0.39 is 10.0 Å². The minimum atomic E-state index is -3.84. The molecule has 7 nitrogen and oxygen atoms in total. The van der Waals surface area contributed by atoms with Crippen LogP contribution in [0.3, 0.4) is 0 Å². The minimum absolute atomic E-state index is 0.0717. The van der Waals surface area contributed by atoms with Crippen LogP contribution in [0.1, 0.15) is 36.5 Å². The highest BCUT2D eigenvalue weighted by atomic mass is 32.2. The molecule has 1 atom stereocenters. The number of amides is 1. The molecule has 1 saturated heterocycles. The molecule has 0 aliphatic carbocycles. The fourth-order valence-electron chi connectivity index (χ4n) is 3.69. The normalized spacial score (nSPS) is 18.9. The van der Waals surface area contributed by atoms with Crippen LogP contribution in [0.25, 0.3) is 0 Å². The lowest BCUT2D eigenvalue weighted by atomic mass is 10.0. The highest BCUT2D eigenvalue weighted by Crippen LogP contribution is 2.33. The molecule has 2 aliphatic heterocycles. The van der Waals surface area contributed by atoms with Crippen molar-refractivity contribution in [3.05, 3.63) is 48.0 Å². The van der Waals surface area contributed by atoms with E-state index in [0.29, 0.717) is 36.0 Å². The molecule has 154 valence electrons. The molecule has 0 saturated carbocycles. The summed E-state index contributed by atoms with van der Waals surface area (Å²) in [5.74, 6) is 0.859. The molecule has 1 N–H and O–H groups in total. The number of carbonyl (C=O) groups excluding carboxylic acids is 1. The summed E-state index contributed by atoms with van der Waals surface area (Å²) < 4.78 is 39.1. The molecule has 2 aromatic rings.